The van der Waals surface area contributed by atoms with Gasteiger partial charge in [0.1, 0.15) is 9.96 Å². The van der Waals surface area contributed by atoms with E-state index in [0.717, 1.165) is 5.56 Å². The van der Waals surface area contributed by atoms with Gasteiger partial charge in [0.15, 0.2) is 0 Å². The third-order valence-corrected chi connectivity index (χ3v) is 9.18. The van der Waals surface area contributed by atoms with E-state index in [2.05, 4.69) is 32.9 Å². The standard InChI is InChI=1S/C27H36Cl2N2O4S/c1-25(2,3)21-11-9-19(10-12-21)17-36-27(29,14-20(16-30)13-23(32)33)26(28,18-31)15-24(34)35-22-7-5-4-6-8-22/h4-12,20H,13-18,30-31H2,1-3H3,(H,32,33). The number of nitrogens with two attached hydrogens (primary N) is 2. The van der Waals surface area contributed by atoms with Crippen LogP contribution in [0.2, 0.25) is 0 Å². The summed E-state index contributed by atoms with van der Waals surface area (Å²) >= 11 is 15.6. The van der Waals surface area contributed by atoms with Crippen LogP contribution in [-0.4, -0.2) is 39.2 Å². The Labute approximate surface area is 228 Å². The molecule has 0 aliphatic rings. The van der Waals surface area contributed by atoms with Crippen LogP contribution in [0.4, 0.5) is 0 Å². The fraction of sp³-hybridized carbons (Fsp3) is 0.481. The lowest BCUT2D eigenvalue weighted by molar-refractivity contribution is -0.138. The molecule has 0 aliphatic heterocycles. The van der Waals surface area contributed by atoms with Crippen molar-refractivity contribution in [1.82, 2.24) is 0 Å². The third-order valence-electron chi connectivity index (χ3n) is 6.03. The fourth-order valence-electron chi connectivity index (χ4n) is 3.77. The maximum Gasteiger partial charge on any atom is 0.313 e. The number of carboxylic acids is 1. The molecular weight excluding hydrogens is 519 g/mol. The molecule has 0 aromatic heterocycles. The van der Waals surface area contributed by atoms with Crippen LogP contribution in [0.15, 0.2) is 54.6 Å². The first-order valence-corrected chi connectivity index (χ1v) is 13.5. The van der Waals surface area contributed by atoms with Gasteiger partial charge in [0.05, 0.1) is 11.3 Å². The molecular formula is C27H36Cl2N2O4S. The second-order valence-electron chi connectivity index (χ2n) is 10.0. The second-order valence-corrected chi connectivity index (χ2v) is 12.9. The number of hydrogen-bond donors (Lipinski definition) is 3. The Kier molecular flexibility index (Phi) is 11.1. The molecule has 2 rings (SSSR count). The molecule has 36 heavy (non-hydrogen) atoms. The van der Waals surface area contributed by atoms with E-state index in [1.54, 1.807) is 24.3 Å². The van der Waals surface area contributed by atoms with Gasteiger partial charge in [-0.3, -0.25) is 9.59 Å². The number of carbonyl (C=O) groups is 2. The average Bonchev–Trinajstić information content (AvgIpc) is 2.82. The first kappa shape index (κ1) is 30.5. The number of alkyl halides is 2. The summed E-state index contributed by atoms with van der Waals surface area (Å²) in [5.74, 6) is -1.14. The molecule has 6 nitrogen and oxygen atoms in total. The molecule has 198 valence electrons. The number of esters is 1. The Morgan fingerprint density at radius 2 is 1.64 bits per heavy atom. The molecule has 0 aliphatic carbocycles. The molecule has 9 heteroatoms. The Bertz CT molecular complexity index is 1000. The zero-order valence-corrected chi connectivity index (χ0v) is 23.3. The van der Waals surface area contributed by atoms with E-state index in [-0.39, 0.29) is 37.8 Å². The van der Waals surface area contributed by atoms with Crippen molar-refractivity contribution < 1.29 is 19.4 Å². The Balaban J connectivity index is 2.30. The van der Waals surface area contributed by atoms with Crippen LogP contribution < -0.4 is 16.2 Å². The number of aliphatic carboxylic acids is 1. The van der Waals surface area contributed by atoms with Crippen LogP contribution in [0, 0.1) is 5.92 Å². The van der Waals surface area contributed by atoms with Gasteiger partial charge >= 0.3 is 11.9 Å². The van der Waals surface area contributed by atoms with Gasteiger partial charge in [-0.05, 0) is 47.6 Å². The van der Waals surface area contributed by atoms with Gasteiger partial charge in [0.2, 0.25) is 0 Å². The Morgan fingerprint density at radius 1 is 1.03 bits per heavy atom. The van der Waals surface area contributed by atoms with Gasteiger partial charge < -0.3 is 21.3 Å². The molecule has 2 aromatic rings. The molecule has 5 N–H and O–H groups in total. The zero-order valence-electron chi connectivity index (χ0n) is 21.0. The molecule has 2 aromatic carbocycles. The van der Waals surface area contributed by atoms with E-state index in [1.165, 1.54) is 17.3 Å². The smallest absolute Gasteiger partial charge is 0.313 e. The summed E-state index contributed by atoms with van der Waals surface area (Å²) in [6.45, 7) is 6.42. The van der Waals surface area contributed by atoms with Crippen molar-refractivity contribution in [3.63, 3.8) is 0 Å². The van der Waals surface area contributed by atoms with E-state index in [9.17, 15) is 14.7 Å². The summed E-state index contributed by atoms with van der Waals surface area (Å²) in [6.07, 6.45) is -0.275. The van der Waals surface area contributed by atoms with Gasteiger partial charge in [0, 0.05) is 18.7 Å². The summed E-state index contributed by atoms with van der Waals surface area (Å²) in [4.78, 5) is 22.8. The van der Waals surface area contributed by atoms with Crippen LogP contribution in [0.3, 0.4) is 0 Å². The van der Waals surface area contributed by atoms with Crippen molar-refractivity contribution in [1.29, 1.82) is 0 Å². The van der Waals surface area contributed by atoms with Gasteiger partial charge in [-0.1, -0.05) is 63.2 Å². The summed E-state index contributed by atoms with van der Waals surface area (Å²) in [7, 11) is 0. The summed E-state index contributed by atoms with van der Waals surface area (Å²) in [5, 5.41) is 9.34. The summed E-state index contributed by atoms with van der Waals surface area (Å²) < 4.78 is 4.15. The lowest BCUT2D eigenvalue weighted by Gasteiger charge is -2.42. The minimum atomic E-state index is -1.41. The van der Waals surface area contributed by atoms with Crippen molar-refractivity contribution in [2.45, 2.75) is 60.3 Å². The van der Waals surface area contributed by atoms with Crippen molar-refractivity contribution >= 4 is 46.9 Å². The van der Waals surface area contributed by atoms with Crippen LogP contribution in [0.1, 0.15) is 51.2 Å². The van der Waals surface area contributed by atoms with Crippen LogP contribution in [0.25, 0.3) is 0 Å². The van der Waals surface area contributed by atoms with Crippen LogP contribution in [0.5, 0.6) is 5.75 Å². The van der Waals surface area contributed by atoms with Gasteiger partial charge in [0.25, 0.3) is 0 Å². The summed E-state index contributed by atoms with van der Waals surface area (Å²) in [6, 6.07) is 16.9. The maximum atomic E-state index is 12.8. The minimum absolute atomic E-state index is 0.0249. The molecule has 0 radical (unpaired) electrons. The van der Waals surface area contributed by atoms with E-state index in [4.69, 9.17) is 39.4 Å². The molecule has 0 amide bonds. The zero-order chi connectivity index (χ0) is 27.0. The number of ether oxygens (including phenoxy) is 1. The van der Waals surface area contributed by atoms with Crippen molar-refractivity contribution in [3.05, 3.63) is 65.7 Å². The highest BCUT2D eigenvalue weighted by molar-refractivity contribution is 8.01. The molecule has 0 fully saturated rings. The highest BCUT2D eigenvalue weighted by atomic mass is 35.5. The van der Waals surface area contributed by atoms with Crippen LogP contribution in [-0.2, 0) is 20.8 Å². The van der Waals surface area contributed by atoms with E-state index in [0.29, 0.717) is 11.5 Å². The molecule has 0 spiro atoms. The van der Waals surface area contributed by atoms with Crippen molar-refractivity contribution in [3.8, 4) is 5.75 Å². The second kappa shape index (κ2) is 13.2. The van der Waals surface area contributed by atoms with Gasteiger partial charge in [-0.2, -0.15) is 0 Å². The Morgan fingerprint density at radius 3 is 2.14 bits per heavy atom. The predicted molar refractivity (Wildman–Crippen MR) is 149 cm³/mol. The molecule has 3 atom stereocenters. The first-order valence-electron chi connectivity index (χ1n) is 11.8. The quantitative estimate of drug-likeness (QED) is 0.169. The Hall–Kier alpha value is -1.77. The van der Waals surface area contributed by atoms with E-state index in [1.807, 2.05) is 18.2 Å². The SMILES string of the molecule is CC(C)(C)c1ccc(CSC(Cl)(CC(CN)CC(=O)O)C(Cl)(CN)CC(=O)Oc2ccccc2)cc1. The average molecular weight is 556 g/mol. The van der Waals surface area contributed by atoms with Gasteiger partial charge in [-0.15, -0.1) is 35.0 Å². The highest BCUT2D eigenvalue weighted by Gasteiger charge is 2.51. The fourth-order valence-corrected chi connectivity index (χ4v) is 6.00. The minimum Gasteiger partial charge on any atom is -0.481 e. The summed E-state index contributed by atoms with van der Waals surface area (Å²) in [5.41, 5.74) is 14.2. The number of thioether (sulfide) groups is 1. The van der Waals surface area contributed by atoms with Gasteiger partial charge in [-0.25, -0.2) is 0 Å². The molecule has 3 unspecified atom stereocenters. The largest absolute Gasteiger partial charge is 0.481 e. The van der Waals surface area contributed by atoms with Crippen molar-refractivity contribution in [2.75, 3.05) is 13.1 Å². The number of rotatable bonds is 13. The topological polar surface area (TPSA) is 116 Å². The lowest BCUT2D eigenvalue weighted by Crippen LogP contribution is -2.52. The van der Waals surface area contributed by atoms with Crippen molar-refractivity contribution in [2.24, 2.45) is 17.4 Å². The van der Waals surface area contributed by atoms with E-state index < -0.39 is 26.9 Å². The number of halogens is 2. The number of benzene rings is 2. The molecule has 0 heterocycles. The number of carbonyl (C=O) groups excluding carboxylic acids is 1. The molecule has 0 saturated heterocycles. The first-order chi connectivity index (χ1) is 16.8. The monoisotopic (exact) mass is 554 g/mol. The third kappa shape index (κ3) is 8.67. The number of carboxylic acid groups (broad SMARTS) is 1. The van der Waals surface area contributed by atoms with Crippen LogP contribution >= 0.6 is 35.0 Å². The molecule has 0 saturated carbocycles. The number of para-hydroxylation sites is 1. The van der Waals surface area contributed by atoms with E-state index >= 15 is 0 Å². The highest BCUT2D eigenvalue weighted by Crippen LogP contribution is 2.51. The predicted octanol–water partition coefficient (Wildman–Crippen LogP) is 5.52. The maximum absolute atomic E-state index is 12.8. The number of hydrogen-bond acceptors (Lipinski definition) is 6. The molecule has 0 bridgehead atoms. The normalized spacial score (nSPS) is 16.0. The lowest BCUT2D eigenvalue weighted by atomic mass is 9.87.